The quantitative estimate of drug-likeness (QED) is 0.872. The third-order valence-corrected chi connectivity index (χ3v) is 2.45. The van der Waals surface area contributed by atoms with Gasteiger partial charge in [-0.3, -0.25) is 0 Å². The molecular formula is C11H12ClNO2. The number of halogens is 1. The van der Waals surface area contributed by atoms with Gasteiger partial charge in [-0.15, -0.1) is 0 Å². The largest absolute Gasteiger partial charge is 0.492 e. The topological polar surface area (TPSA) is 34.4 Å². The van der Waals surface area contributed by atoms with Crippen LogP contribution in [0.2, 0.25) is 5.22 Å². The molecule has 0 saturated carbocycles. The molecule has 2 rings (SSSR count). The van der Waals surface area contributed by atoms with E-state index < -0.39 is 0 Å². The van der Waals surface area contributed by atoms with Crippen molar-refractivity contribution in [3.8, 4) is 5.75 Å². The molecule has 1 N–H and O–H groups in total. The molecule has 2 aromatic rings. The van der Waals surface area contributed by atoms with E-state index in [1.54, 1.807) is 13.2 Å². The van der Waals surface area contributed by atoms with Crippen LogP contribution in [0.4, 0.5) is 0 Å². The average Bonchev–Trinajstić information content (AvgIpc) is 2.58. The molecule has 3 nitrogen and oxygen atoms in total. The second kappa shape index (κ2) is 4.13. The summed E-state index contributed by atoms with van der Waals surface area (Å²) < 4.78 is 10.7. The number of hydrogen-bond donors (Lipinski definition) is 1. The number of benzene rings is 1. The minimum absolute atomic E-state index is 0.380. The Kier molecular flexibility index (Phi) is 2.84. The fourth-order valence-electron chi connectivity index (χ4n) is 1.64. The van der Waals surface area contributed by atoms with Crippen LogP contribution in [0.25, 0.3) is 11.0 Å². The van der Waals surface area contributed by atoms with Crippen molar-refractivity contribution >= 4 is 22.6 Å². The van der Waals surface area contributed by atoms with Gasteiger partial charge >= 0.3 is 0 Å². The Morgan fingerprint density at radius 2 is 2.27 bits per heavy atom. The van der Waals surface area contributed by atoms with Gasteiger partial charge in [0.15, 0.2) is 16.6 Å². The minimum atomic E-state index is 0.380. The van der Waals surface area contributed by atoms with Crippen molar-refractivity contribution in [3.63, 3.8) is 0 Å². The van der Waals surface area contributed by atoms with Gasteiger partial charge in [0.1, 0.15) is 0 Å². The van der Waals surface area contributed by atoms with Gasteiger partial charge in [-0.1, -0.05) is 12.1 Å². The number of hydrogen-bond acceptors (Lipinski definition) is 3. The zero-order valence-corrected chi connectivity index (χ0v) is 9.39. The molecular weight excluding hydrogens is 214 g/mol. The highest BCUT2D eigenvalue weighted by molar-refractivity contribution is 6.29. The molecule has 1 aromatic heterocycles. The second-order valence-corrected chi connectivity index (χ2v) is 3.63. The molecule has 1 aromatic carbocycles. The van der Waals surface area contributed by atoms with Crippen molar-refractivity contribution in [2.45, 2.75) is 6.54 Å². The summed E-state index contributed by atoms with van der Waals surface area (Å²) in [6.07, 6.45) is 0. The Labute approximate surface area is 93.0 Å². The monoisotopic (exact) mass is 225 g/mol. The number of rotatable bonds is 3. The Balaban J connectivity index is 2.63. The summed E-state index contributed by atoms with van der Waals surface area (Å²) in [6, 6.07) is 5.76. The number of nitrogens with one attached hydrogen (secondary N) is 1. The number of methoxy groups -OCH3 is 1. The lowest BCUT2D eigenvalue weighted by Crippen LogP contribution is -2.06. The molecule has 15 heavy (non-hydrogen) atoms. The highest BCUT2D eigenvalue weighted by Crippen LogP contribution is 2.33. The summed E-state index contributed by atoms with van der Waals surface area (Å²) in [5.74, 6) is 0.744. The van der Waals surface area contributed by atoms with E-state index in [2.05, 4.69) is 5.32 Å². The molecule has 1 heterocycles. The van der Waals surface area contributed by atoms with Crippen LogP contribution in [0.5, 0.6) is 5.75 Å². The van der Waals surface area contributed by atoms with Gasteiger partial charge in [-0.25, -0.2) is 0 Å². The van der Waals surface area contributed by atoms with E-state index in [1.165, 1.54) is 0 Å². The fourth-order valence-corrected chi connectivity index (χ4v) is 1.83. The van der Waals surface area contributed by atoms with E-state index in [9.17, 15) is 0 Å². The lowest BCUT2D eigenvalue weighted by molar-refractivity contribution is 0.404. The van der Waals surface area contributed by atoms with E-state index in [0.29, 0.717) is 10.8 Å². The number of furan rings is 1. The van der Waals surface area contributed by atoms with Gasteiger partial charge < -0.3 is 14.5 Å². The predicted octanol–water partition coefficient (Wildman–Crippen LogP) is 2.81. The van der Waals surface area contributed by atoms with Crippen LogP contribution in [0.15, 0.2) is 22.6 Å². The van der Waals surface area contributed by atoms with Crippen molar-refractivity contribution in [2.75, 3.05) is 14.2 Å². The maximum absolute atomic E-state index is 5.80. The van der Waals surface area contributed by atoms with Gasteiger partial charge in [0.25, 0.3) is 0 Å². The highest BCUT2D eigenvalue weighted by atomic mass is 35.5. The van der Waals surface area contributed by atoms with Crippen LogP contribution in [0.3, 0.4) is 0 Å². The highest BCUT2D eigenvalue weighted by Gasteiger charge is 2.11. The summed E-state index contributed by atoms with van der Waals surface area (Å²) in [7, 11) is 3.52. The van der Waals surface area contributed by atoms with Crippen LogP contribution >= 0.6 is 11.6 Å². The van der Waals surface area contributed by atoms with Gasteiger partial charge in [-0.05, 0) is 18.6 Å². The van der Waals surface area contributed by atoms with Crippen LogP contribution < -0.4 is 10.1 Å². The van der Waals surface area contributed by atoms with Crippen LogP contribution in [0.1, 0.15) is 5.56 Å². The molecule has 80 valence electrons. The first-order chi connectivity index (χ1) is 7.26. The second-order valence-electron chi connectivity index (χ2n) is 3.26. The van der Waals surface area contributed by atoms with Crippen LogP contribution in [0, 0.1) is 0 Å². The van der Waals surface area contributed by atoms with E-state index in [0.717, 1.165) is 23.2 Å². The van der Waals surface area contributed by atoms with Gasteiger partial charge in [0.2, 0.25) is 0 Å². The zero-order valence-electron chi connectivity index (χ0n) is 8.63. The number of fused-ring (bicyclic) bond motifs is 1. The Hall–Kier alpha value is -1.19. The van der Waals surface area contributed by atoms with Crippen molar-refractivity contribution in [3.05, 3.63) is 29.0 Å². The molecule has 0 unspecified atom stereocenters. The van der Waals surface area contributed by atoms with Gasteiger partial charge in [-0.2, -0.15) is 0 Å². The predicted molar refractivity (Wildman–Crippen MR) is 60.5 cm³/mol. The molecule has 0 amide bonds. The summed E-state index contributed by atoms with van der Waals surface area (Å²) in [6.45, 7) is 0.734. The average molecular weight is 226 g/mol. The molecule has 4 heteroatoms. The minimum Gasteiger partial charge on any atom is -0.492 e. The molecule has 0 saturated heterocycles. The normalized spacial score (nSPS) is 10.9. The molecule has 0 aliphatic rings. The standard InChI is InChI=1S/C11H12ClNO2/c1-13-6-8-4-3-7-5-9(12)15-11(7)10(8)14-2/h3-5,13H,6H2,1-2H3. The maximum Gasteiger partial charge on any atom is 0.194 e. The van der Waals surface area contributed by atoms with Gasteiger partial charge in [0, 0.05) is 23.6 Å². The third-order valence-electron chi connectivity index (χ3n) is 2.26. The summed E-state index contributed by atoms with van der Waals surface area (Å²) >= 11 is 5.80. The smallest absolute Gasteiger partial charge is 0.194 e. The molecule has 0 aliphatic heterocycles. The summed E-state index contributed by atoms with van der Waals surface area (Å²) in [5.41, 5.74) is 1.76. The van der Waals surface area contributed by atoms with E-state index >= 15 is 0 Å². The molecule has 0 radical (unpaired) electrons. The van der Waals surface area contributed by atoms with Crippen LogP contribution in [-0.2, 0) is 6.54 Å². The van der Waals surface area contributed by atoms with E-state index in [4.69, 9.17) is 20.8 Å². The third kappa shape index (κ3) is 1.80. The van der Waals surface area contributed by atoms with Gasteiger partial charge in [0.05, 0.1) is 7.11 Å². The van der Waals surface area contributed by atoms with Crippen molar-refractivity contribution in [1.82, 2.24) is 5.32 Å². The molecule has 0 atom stereocenters. The van der Waals surface area contributed by atoms with Crippen molar-refractivity contribution < 1.29 is 9.15 Å². The summed E-state index contributed by atoms with van der Waals surface area (Å²) in [4.78, 5) is 0. The Bertz CT molecular complexity index is 479. The molecule has 0 bridgehead atoms. The lowest BCUT2D eigenvalue weighted by atomic mass is 10.1. The Morgan fingerprint density at radius 1 is 1.47 bits per heavy atom. The fraction of sp³-hybridized carbons (Fsp3) is 0.273. The van der Waals surface area contributed by atoms with E-state index in [1.807, 2.05) is 19.2 Å². The first kappa shape index (κ1) is 10.3. The van der Waals surface area contributed by atoms with Crippen molar-refractivity contribution in [1.29, 1.82) is 0 Å². The van der Waals surface area contributed by atoms with E-state index in [-0.39, 0.29) is 0 Å². The SMILES string of the molecule is CNCc1ccc2cc(Cl)oc2c1OC. The van der Waals surface area contributed by atoms with Crippen molar-refractivity contribution in [2.24, 2.45) is 0 Å². The maximum atomic E-state index is 5.80. The molecule has 0 spiro atoms. The first-order valence-electron chi connectivity index (χ1n) is 4.65. The summed E-state index contributed by atoms with van der Waals surface area (Å²) in [5, 5.41) is 4.41. The Morgan fingerprint density at radius 3 is 2.93 bits per heavy atom. The molecule has 0 fully saturated rings. The van der Waals surface area contributed by atoms with Crippen LogP contribution in [-0.4, -0.2) is 14.2 Å². The zero-order chi connectivity index (χ0) is 10.8. The number of ether oxygens (including phenoxy) is 1. The first-order valence-corrected chi connectivity index (χ1v) is 5.03. The molecule has 0 aliphatic carbocycles. The lowest BCUT2D eigenvalue weighted by Gasteiger charge is -2.07.